The van der Waals surface area contributed by atoms with Gasteiger partial charge in [-0.25, -0.2) is 0 Å². The summed E-state index contributed by atoms with van der Waals surface area (Å²) < 4.78 is 6.58. The first-order valence-corrected chi connectivity index (χ1v) is 9.99. The smallest absolute Gasteiger partial charge is 0.271 e. The summed E-state index contributed by atoms with van der Waals surface area (Å²) >= 11 is 12.5. The molecule has 0 aliphatic carbocycles. The van der Waals surface area contributed by atoms with Crippen LogP contribution in [0.4, 0.5) is 0 Å². The number of hydrogen-bond donors (Lipinski definition) is 1. The highest BCUT2D eigenvalue weighted by Gasteiger charge is 2.27. The van der Waals surface area contributed by atoms with Crippen molar-refractivity contribution >= 4 is 29.0 Å². The van der Waals surface area contributed by atoms with Crippen LogP contribution in [0.3, 0.4) is 0 Å². The Morgan fingerprint density at radius 1 is 1.31 bits per heavy atom. The third kappa shape index (κ3) is 4.26. The highest BCUT2D eigenvalue weighted by atomic mass is 35.5. The van der Waals surface area contributed by atoms with Gasteiger partial charge >= 0.3 is 0 Å². The summed E-state index contributed by atoms with van der Waals surface area (Å²) in [5.74, 6) is -0.807. The molecule has 2 rings (SSSR count). The molecule has 6 nitrogen and oxygen atoms in total. The van der Waals surface area contributed by atoms with E-state index in [-0.39, 0.29) is 38.0 Å². The van der Waals surface area contributed by atoms with E-state index in [0.29, 0.717) is 13.0 Å². The normalized spacial score (nSPS) is 11.8. The summed E-state index contributed by atoms with van der Waals surface area (Å²) in [5.41, 5.74) is -0.728. The summed E-state index contributed by atoms with van der Waals surface area (Å²) in [7, 11) is 0. The third-order valence-corrected chi connectivity index (χ3v) is 5.28. The molecule has 1 unspecified atom stereocenters. The number of benzene rings is 1. The maximum atomic E-state index is 13.2. The first kappa shape index (κ1) is 22.8. The lowest BCUT2D eigenvalue weighted by Gasteiger charge is -2.20. The van der Waals surface area contributed by atoms with Gasteiger partial charge in [-0.15, -0.1) is 0 Å². The van der Waals surface area contributed by atoms with Gasteiger partial charge in [-0.1, -0.05) is 37.0 Å². The second-order valence-corrected chi connectivity index (χ2v) is 7.50. The SMILES string of the molecule is CCCOc1c(Cl)cc(C(=O)c2c(C)c(C#N)c(=O)n(C(C)CC)c2O)cc1Cl. The van der Waals surface area contributed by atoms with Crippen LogP contribution in [0.2, 0.25) is 10.0 Å². The van der Waals surface area contributed by atoms with E-state index in [0.717, 1.165) is 11.0 Å². The van der Waals surface area contributed by atoms with Crippen LogP contribution >= 0.6 is 23.2 Å². The Morgan fingerprint density at radius 2 is 1.90 bits per heavy atom. The quantitative estimate of drug-likeness (QED) is 0.614. The number of nitriles is 1. The van der Waals surface area contributed by atoms with E-state index in [9.17, 15) is 20.0 Å². The van der Waals surface area contributed by atoms with E-state index in [1.165, 1.54) is 19.1 Å². The fourth-order valence-electron chi connectivity index (χ4n) is 2.96. The number of carbonyl (C=O) groups is 1. The molecule has 154 valence electrons. The molecule has 0 aliphatic heterocycles. The van der Waals surface area contributed by atoms with Crippen molar-refractivity contribution in [2.45, 2.75) is 46.6 Å². The van der Waals surface area contributed by atoms with E-state index in [1.54, 1.807) is 6.92 Å². The van der Waals surface area contributed by atoms with Gasteiger partial charge in [-0.3, -0.25) is 14.2 Å². The summed E-state index contributed by atoms with van der Waals surface area (Å²) in [6, 6.07) is 4.23. The molecule has 0 spiro atoms. The second-order valence-electron chi connectivity index (χ2n) is 6.69. The lowest BCUT2D eigenvalue weighted by molar-refractivity contribution is 0.103. The van der Waals surface area contributed by atoms with Crippen molar-refractivity contribution in [2.24, 2.45) is 0 Å². The van der Waals surface area contributed by atoms with Crippen LogP contribution in [-0.4, -0.2) is 22.1 Å². The Morgan fingerprint density at radius 3 is 2.38 bits per heavy atom. The van der Waals surface area contributed by atoms with Crippen molar-refractivity contribution in [1.82, 2.24) is 4.57 Å². The standard InChI is InChI=1S/C21H22Cl2N2O4/c1-5-7-29-19-15(22)8-13(9-16(19)23)18(26)17-12(4)14(10-24)20(27)25(21(17)28)11(3)6-2/h8-9,11,28H,5-7H2,1-4H3. The number of aromatic nitrogens is 1. The highest BCUT2D eigenvalue weighted by molar-refractivity contribution is 6.38. The van der Waals surface area contributed by atoms with E-state index in [2.05, 4.69) is 0 Å². The number of rotatable bonds is 7. The van der Waals surface area contributed by atoms with Crippen molar-refractivity contribution in [1.29, 1.82) is 5.26 Å². The van der Waals surface area contributed by atoms with Gasteiger partial charge in [0.05, 0.1) is 22.2 Å². The zero-order valence-corrected chi connectivity index (χ0v) is 18.2. The van der Waals surface area contributed by atoms with Crippen molar-refractivity contribution in [3.8, 4) is 17.7 Å². The molecule has 1 atom stereocenters. The molecule has 0 radical (unpaired) electrons. The van der Waals surface area contributed by atoms with Crippen molar-refractivity contribution < 1.29 is 14.6 Å². The average molecular weight is 437 g/mol. The molecule has 1 aromatic heterocycles. The van der Waals surface area contributed by atoms with E-state index in [1.807, 2.05) is 19.9 Å². The minimum absolute atomic E-state index is 0.109. The van der Waals surface area contributed by atoms with Crippen LogP contribution in [0.25, 0.3) is 0 Å². The van der Waals surface area contributed by atoms with Crippen molar-refractivity contribution in [2.75, 3.05) is 6.61 Å². The molecule has 0 amide bonds. The molecule has 2 aromatic rings. The molecule has 0 saturated heterocycles. The molecule has 29 heavy (non-hydrogen) atoms. The second kappa shape index (κ2) is 9.34. The van der Waals surface area contributed by atoms with Gasteiger partial charge < -0.3 is 9.84 Å². The summed E-state index contributed by atoms with van der Waals surface area (Å²) in [4.78, 5) is 25.8. The largest absolute Gasteiger partial charge is 0.494 e. The van der Waals surface area contributed by atoms with Gasteiger partial charge in [0.25, 0.3) is 5.56 Å². The molecular formula is C21H22Cl2N2O4. The molecule has 1 heterocycles. The van der Waals surface area contributed by atoms with Crippen LogP contribution in [-0.2, 0) is 0 Å². The van der Waals surface area contributed by atoms with Crippen molar-refractivity contribution in [3.63, 3.8) is 0 Å². The Kier molecular flexibility index (Phi) is 7.34. The molecule has 0 saturated carbocycles. The minimum atomic E-state index is -0.632. The predicted molar refractivity (Wildman–Crippen MR) is 113 cm³/mol. The molecule has 0 bridgehead atoms. The first-order chi connectivity index (χ1) is 13.7. The first-order valence-electron chi connectivity index (χ1n) is 9.24. The number of pyridine rings is 1. The van der Waals surface area contributed by atoms with Crippen LogP contribution in [0, 0.1) is 18.3 Å². The number of ketones is 1. The number of halogens is 2. The minimum Gasteiger partial charge on any atom is -0.494 e. The lowest BCUT2D eigenvalue weighted by Crippen LogP contribution is -2.28. The molecule has 1 aromatic carbocycles. The highest BCUT2D eigenvalue weighted by Crippen LogP contribution is 2.36. The Bertz CT molecular complexity index is 1030. The van der Waals surface area contributed by atoms with E-state index >= 15 is 0 Å². The number of aromatic hydroxyl groups is 1. The lowest BCUT2D eigenvalue weighted by atomic mass is 9.96. The molecule has 8 heteroatoms. The summed E-state index contributed by atoms with van der Waals surface area (Å²) in [5, 5.41) is 20.5. The molecular weight excluding hydrogens is 415 g/mol. The zero-order valence-electron chi connectivity index (χ0n) is 16.7. The van der Waals surface area contributed by atoms with Gasteiger partial charge in [0.1, 0.15) is 11.6 Å². The Hall–Kier alpha value is -2.49. The fourth-order valence-corrected chi connectivity index (χ4v) is 3.56. The number of ether oxygens (including phenoxy) is 1. The van der Waals surface area contributed by atoms with Crippen molar-refractivity contribution in [3.05, 3.63) is 54.8 Å². The monoisotopic (exact) mass is 436 g/mol. The zero-order chi connectivity index (χ0) is 21.9. The van der Waals surface area contributed by atoms with E-state index < -0.39 is 23.3 Å². The number of carbonyl (C=O) groups excluding carboxylic acids is 1. The Balaban J connectivity index is 2.71. The van der Waals surface area contributed by atoms with E-state index in [4.69, 9.17) is 27.9 Å². The fraction of sp³-hybridized carbons (Fsp3) is 0.381. The topological polar surface area (TPSA) is 92.3 Å². The van der Waals surface area contributed by atoms with Crippen LogP contribution in [0.15, 0.2) is 16.9 Å². The van der Waals surface area contributed by atoms with Gasteiger partial charge in [0.2, 0.25) is 5.88 Å². The molecule has 1 N–H and O–H groups in total. The van der Waals surface area contributed by atoms with Gasteiger partial charge in [0, 0.05) is 11.6 Å². The number of hydrogen-bond acceptors (Lipinski definition) is 5. The van der Waals surface area contributed by atoms with Crippen LogP contribution in [0.5, 0.6) is 11.6 Å². The van der Waals surface area contributed by atoms with Gasteiger partial charge in [-0.2, -0.15) is 5.26 Å². The average Bonchev–Trinajstić information content (AvgIpc) is 2.67. The molecule has 0 aliphatic rings. The third-order valence-electron chi connectivity index (χ3n) is 4.72. The van der Waals surface area contributed by atoms with Gasteiger partial charge in [-0.05, 0) is 44.4 Å². The molecule has 0 fully saturated rings. The Labute approximate surface area is 179 Å². The number of nitrogens with zero attached hydrogens (tertiary/aromatic N) is 2. The van der Waals surface area contributed by atoms with Gasteiger partial charge in [0.15, 0.2) is 11.5 Å². The maximum absolute atomic E-state index is 13.2. The van der Waals surface area contributed by atoms with Crippen LogP contribution < -0.4 is 10.3 Å². The van der Waals surface area contributed by atoms with Crippen LogP contribution in [0.1, 0.15) is 66.7 Å². The summed E-state index contributed by atoms with van der Waals surface area (Å²) in [6.45, 7) is 7.36. The summed E-state index contributed by atoms with van der Waals surface area (Å²) in [6.07, 6.45) is 1.28. The predicted octanol–water partition coefficient (Wildman–Crippen LogP) is 5.03. The maximum Gasteiger partial charge on any atom is 0.271 e.